The van der Waals surface area contributed by atoms with Crippen LogP contribution in [0.5, 0.6) is 5.75 Å². The third-order valence-electron chi connectivity index (χ3n) is 3.79. The van der Waals surface area contributed by atoms with Gasteiger partial charge in [-0.25, -0.2) is 4.79 Å². The topological polar surface area (TPSA) is 58.6 Å². The summed E-state index contributed by atoms with van der Waals surface area (Å²) in [6.07, 6.45) is 1.65. The van der Waals surface area contributed by atoms with E-state index < -0.39 is 6.03 Å². The van der Waals surface area contributed by atoms with Crippen LogP contribution < -0.4 is 10.1 Å². The van der Waals surface area contributed by atoms with Crippen molar-refractivity contribution in [3.8, 4) is 5.75 Å². The number of methoxy groups -OCH3 is 1. The van der Waals surface area contributed by atoms with Crippen molar-refractivity contribution in [2.45, 2.75) is 13.5 Å². The monoisotopic (exact) mass is 322 g/mol. The zero-order valence-corrected chi connectivity index (χ0v) is 13.6. The molecule has 2 aromatic carbocycles. The average molecular weight is 322 g/mol. The van der Waals surface area contributed by atoms with Crippen molar-refractivity contribution < 1.29 is 14.3 Å². The molecular formula is C19H18N2O3. The van der Waals surface area contributed by atoms with Crippen LogP contribution in [0.4, 0.5) is 4.79 Å². The maximum atomic E-state index is 12.5. The van der Waals surface area contributed by atoms with Crippen LogP contribution in [0.15, 0.2) is 54.2 Å². The number of benzene rings is 2. The fourth-order valence-electron chi connectivity index (χ4n) is 2.61. The first-order valence-corrected chi connectivity index (χ1v) is 7.61. The van der Waals surface area contributed by atoms with Crippen LogP contribution in [0.25, 0.3) is 6.08 Å². The Balaban J connectivity index is 1.82. The van der Waals surface area contributed by atoms with E-state index in [0.717, 1.165) is 16.7 Å². The lowest BCUT2D eigenvalue weighted by atomic mass is 10.1. The molecule has 1 aliphatic rings. The number of carbonyl (C=O) groups excluding carboxylic acids is 2. The second-order valence-corrected chi connectivity index (χ2v) is 5.65. The third kappa shape index (κ3) is 3.30. The number of aryl methyl sites for hydroxylation is 1. The SMILES string of the molecule is COc1cccc(/C=C2/NC(=O)N(Cc3cccc(C)c3)C2=O)c1. The first-order chi connectivity index (χ1) is 11.6. The van der Waals surface area contributed by atoms with Gasteiger partial charge in [-0.2, -0.15) is 0 Å². The molecule has 1 aliphatic heterocycles. The highest BCUT2D eigenvalue weighted by atomic mass is 16.5. The fourth-order valence-corrected chi connectivity index (χ4v) is 2.61. The van der Waals surface area contributed by atoms with Crippen LogP contribution in [0.2, 0.25) is 0 Å². The van der Waals surface area contributed by atoms with Gasteiger partial charge in [0.05, 0.1) is 13.7 Å². The summed E-state index contributed by atoms with van der Waals surface area (Å²) >= 11 is 0. The number of hydrogen-bond donors (Lipinski definition) is 1. The van der Waals surface area contributed by atoms with E-state index in [-0.39, 0.29) is 18.1 Å². The molecule has 5 nitrogen and oxygen atoms in total. The highest BCUT2D eigenvalue weighted by Gasteiger charge is 2.33. The highest BCUT2D eigenvalue weighted by molar-refractivity contribution is 6.13. The predicted molar refractivity (Wildman–Crippen MR) is 91.2 cm³/mol. The van der Waals surface area contributed by atoms with Crippen LogP contribution in [-0.2, 0) is 11.3 Å². The largest absolute Gasteiger partial charge is 0.497 e. The second kappa shape index (κ2) is 6.58. The van der Waals surface area contributed by atoms with Crippen molar-refractivity contribution in [2.24, 2.45) is 0 Å². The van der Waals surface area contributed by atoms with Gasteiger partial charge in [0.2, 0.25) is 0 Å². The summed E-state index contributed by atoms with van der Waals surface area (Å²) in [7, 11) is 1.58. The van der Waals surface area contributed by atoms with E-state index >= 15 is 0 Å². The molecule has 3 amide bonds. The van der Waals surface area contributed by atoms with Crippen LogP contribution in [-0.4, -0.2) is 23.9 Å². The van der Waals surface area contributed by atoms with Gasteiger partial charge in [-0.05, 0) is 36.3 Å². The first kappa shape index (κ1) is 15.8. The summed E-state index contributed by atoms with van der Waals surface area (Å²) in [5.74, 6) is 0.363. The number of urea groups is 1. The molecule has 0 spiro atoms. The van der Waals surface area contributed by atoms with Gasteiger partial charge in [0.1, 0.15) is 11.4 Å². The summed E-state index contributed by atoms with van der Waals surface area (Å²) in [6.45, 7) is 2.23. The van der Waals surface area contributed by atoms with Gasteiger partial charge in [-0.1, -0.05) is 42.0 Å². The zero-order chi connectivity index (χ0) is 17.1. The van der Waals surface area contributed by atoms with Crippen molar-refractivity contribution in [1.82, 2.24) is 10.2 Å². The van der Waals surface area contributed by atoms with E-state index in [1.165, 1.54) is 4.90 Å². The van der Waals surface area contributed by atoms with Crippen molar-refractivity contribution in [1.29, 1.82) is 0 Å². The van der Waals surface area contributed by atoms with Crippen molar-refractivity contribution in [3.05, 3.63) is 70.9 Å². The summed E-state index contributed by atoms with van der Waals surface area (Å²) in [4.78, 5) is 25.8. The summed E-state index contributed by atoms with van der Waals surface area (Å²) < 4.78 is 5.17. The van der Waals surface area contributed by atoms with E-state index in [1.54, 1.807) is 19.3 Å². The lowest BCUT2D eigenvalue weighted by molar-refractivity contribution is -0.123. The normalized spacial score (nSPS) is 15.8. The quantitative estimate of drug-likeness (QED) is 0.695. The first-order valence-electron chi connectivity index (χ1n) is 7.61. The van der Waals surface area contributed by atoms with Crippen molar-refractivity contribution in [2.75, 3.05) is 7.11 Å². The third-order valence-corrected chi connectivity index (χ3v) is 3.79. The summed E-state index contributed by atoms with van der Waals surface area (Å²) in [5, 5.41) is 2.63. The van der Waals surface area contributed by atoms with Crippen LogP contribution in [0.1, 0.15) is 16.7 Å². The molecule has 0 radical (unpaired) electrons. The standard InChI is InChI=1S/C19H18N2O3/c1-13-5-3-7-15(9-13)12-21-18(22)17(20-19(21)23)11-14-6-4-8-16(10-14)24-2/h3-11H,12H2,1-2H3,(H,20,23)/b17-11+. The molecular weight excluding hydrogens is 304 g/mol. The molecule has 1 N–H and O–H groups in total. The average Bonchev–Trinajstić information content (AvgIpc) is 2.83. The molecule has 122 valence electrons. The Hall–Kier alpha value is -3.08. The molecule has 1 heterocycles. The molecule has 0 aromatic heterocycles. The van der Waals surface area contributed by atoms with Gasteiger partial charge in [0, 0.05) is 0 Å². The van der Waals surface area contributed by atoms with Crippen molar-refractivity contribution >= 4 is 18.0 Å². The number of amides is 3. The van der Waals surface area contributed by atoms with Gasteiger partial charge in [-0.3, -0.25) is 9.69 Å². The Morgan fingerprint density at radius 1 is 1.12 bits per heavy atom. The maximum Gasteiger partial charge on any atom is 0.329 e. The van der Waals surface area contributed by atoms with Crippen LogP contribution >= 0.6 is 0 Å². The van der Waals surface area contributed by atoms with E-state index in [9.17, 15) is 9.59 Å². The number of nitrogens with zero attached hydrogens (tertiary/aromatic N) is 1. The number of ether oxygens (including phenoxy) is 1. The Morgan fingerprint density at radius 2 is 1.92 bits per heavy atom. The molecule has 0 atom stereocenters. The number of rotatable bonds is 4. The number of nitrogens with one attached hydrogen (secondary N) is 1. The predicted octanol–water partition coefficient (Wildman–Crippen LogP) is 3.10. The minimum absolute atomic E-state index is 0.252. The number of carbonyl (C=O) groups is 2. The molecule has 1 saturated heterocycles. The molecule has 0 unspecified atom stereocenters. The maximum absolute atomic E-state index is 12.5. The smallest absolute Gasteiger partial charge is 0.329 e. The van der Waals surface area contributed by atoms with Gasteiger partial charge < -0.3 is 10.1 Å². The molecule has 0 aliphatic carbocycles. The zero-order valence-electron chi connectivity index (χ0n) is 13.6. The number of hydrogen-bond acceptors (Lipinski definition) is 3. The van der Waals surface area contributed by atoms with E-state index in [1.807, 2.05) is 49.4 Å². The molecule has 5 heteroatoms. The molecule has 2 aromatic rings. The summed E-state index contributed by atoms with van der Waals surface area (Å²) in [6, 6.07) is 14.6. The van der Waals surface area contributed by atoms with Crippen LogP contribution in [0.3, 0.4) is 0 Å². The van der Waals surface area contributed by atoms with Gasteiger partial charge >= 0.3 is 6.03 Å². The lowest BCUT2D eigenvalue weighted by Gasteiger charge is -2.12. The van der Waals surface area contributed by atoms with Gasteiger partial charge in [0.25, 0.3) is 5.91 Å². The van der Waals surface area contributed by atoms with Crippen LogP contribution in [0, 0.1) is 6.92 Å². The van der Waals surface area contributed by atoms with Gasteiger partial charge in [-0.15, -0.1) is 0 Å². The lowest BCUT2D eigenvalue weighted by Crippen LogP contribution is -2.30. The minimum Gasteiger partial charge on any atom is -0.497 e. The van der Waals surface area contributed by atoms with Gasteiger partial charge in [0.15, 0.2) is 0 Å². The molecule has 24 heavy (non-hydrogen) atoms. The number of imide groups is 1. The Morgan fingerprint density at radius 3 is 2.67 bits per heavy atom. The molecule has 3 rings (SSSR count). The fraction of sp³-hybridized carbons (Fsp3) is 0.158. The molecule has 0 saturated carbocycles. The Bertz CT molecular complexity index is 827. The molecule has 0 bridgehead atoms. The summed E-state index contributed by atoms with van der Waals surface area (Å²) in [5.41, 5.74) is 3.06. The minimum atomic E-state index is -0.407. The Labute approximate surface area is 140 Å². The highest BCUT2D eigenvalue weighted by Crippen LogP contribution is 2.19. The Kier molecular flexibility index (Phi) is 4.33. The van der Waals surface area contributed by atoms with E-state index in [2.05, 4.69) is 5.32 Å². The van der Waals surface area contributed by atoms with E-state index in [4.69, 9.17) is 4.74 Å². The molecule has 1 fully saturated rings. The van der Waals surface area contributed by atoms with E-state index in [0.29, 0.717) is 5.75 Å². The second-order valence-electron chi connectivity index (χ2n) is 5.65. The van der Waals surface area contributed by atoms with Crippen molar-refractivity contribution in [3.63, 3.8) is 0 Å².